The van der Waals surface area contributed by atoms with Gasteiger partial charge in [-0.05, 0) is 18.2 Å². The summed E-state index contributed by atoms with van der Waals surface area (Å²) in [5.74, 6) is -2.37. The second-order valence-electron chi connectivity index (χ2n) is 5.34. The highest BCUT2D eigenvalue weighted by molar-refractivity contribution is 7.92. The van der Waals surface area contributed by atoms with Crippen LogP contribution in [0.25, 0.3) is 5.69 Å². The number of carbonyl (C=O) groups is 2. The van der Waals surface area contributed by atoms with Crippen molar-refractivity contribution < 1.29 is 31.2 Å². The maximum absolute atomic E-state index is 12.8. The van der Waals surface area contributed by atoms with Crippen LogP contribution in [0.15, 0.2) is 34.0 Å². The minimum absolute atomic E-state index is 0.311. The minimum Gasteiger partial charge on any atom is -0.384 e. The van der Waals surface area contributed by atoms with E-state index < -0.39 is 49.1 Å². The van der Waals surface area contributed by atoms with Crippen LogP contribution in [0.5, 0.6) is 0 Å². The number of anilines is 1. The molecule has 0 unspecified atom stereocenters. The number of nitrogens with one attached hydrogen (secondary N) is 1. The van der Waals surface area contributed by atoms with Crippen molar-refractivity contribution >= 4 is 39.1 Å². The first-order valence-electron chi connectivity index (χ1n) is 6.88. The Morgan fingerprint density at radius 1 is 1.07 bits per heavy atom. The number of halogens is 4. The maximum atomic E-state index is 12.8. The van der Waals surface area contributed by atoms with E-state index in [0.29, 0.717) is 16.7 Å². The van der Waals surface area contributed by atoms with Gasteiger partial charge in [-0.1, -0.05) is 11.6 Å². The molecule has 0 atom stereocenters. The van der Waals surface area contributed by atoms with Gasteiger partial charge in [0.2, 0.25) is 0 Å². The average Bonchev–Trinajstić information content (AvgIpc) is 2.82. The topological polar surface area (TPSA) is 128 Å². The third kappa shape index (κ3) is 2.77. The van der Waals surface area contributed by atoms with Crippen LogP contribution in [-0.4, -0.2) is 30.3 Å². The van der Waals surface area contributed by atoms with Gasteiger partial charge >= 0.3 is 5.51 Å². The molecule has 0 fully saturated rings. The molecule has 3 N–H and O–H groups in total. The zero-order valence-electron chi connectivity index (χ0n) is 12.8. The van der Waals surface area contributed by atoms with Gasteiger partial charge in [-0.25, -0.2) is 8.42 Å². The summed E-state index contributed by atoms with van der Waals surface area (Å²) in [4.78, 5) is 34.6. The summed E-state index contributed by atoms with van der Waals surface area (Å²) >= 11 is 5.90. The number of sulfone groups is 1. The Morgan fingerprint density at radius 2 is 1.70 bits per heavy atom. The predicted molar refractivity (Wildman–Crippen MR) is 86.5 cm³/mol. The van der Waals surface area contributed by atoms with Crippen LogP contribution in [0.4, 0.5) is 19.0 Å². The van der Waals surface area contributed by atoms with Crippen LogP contribution in [0, 0.1) is 0 Å². The van der Waals surface area contributed by atoms with Crippen LogP contribution < -0.4 is 16.6 Å². The third-order valence-corrected chi connectivity index (χ3v) is 5.53. The lowest BCUT2D eigenvalue weighted by Crippen LogP contribution is -2.26. The molecule has 27 heavy (non-hydrogen) atoms. The number of nitrogens with zero attached hydrogens (tertiary/aromatic N) is 1. The lowest BCUT2D eigenvalue weighted by molar-refractivity contribution is -0.0436. The molecule has 0 aliphatic carbocycles. The number of fused-ring (bicyclic) bond motifs is 1. The van der Waals surface area contributed by atoms with Crippen LogP contribution in [-0.2, 0) is 9.84 Å². The van der Waals surface area contributed by atoms with Crippen molar-refractivity contribution in [2.45, 2.75) is 10.4 Å². The lowest BCUT2D eigenvalue weighted by Gasteiger charge is -2.15. The van der Waals surface area contributed by atoms with E-state index in [4.69, 9.17) is 17.3 Å². The largest absolute Gasteiger partial charge is 0.501 e. The van der Waals surface area contributed by atoms with E-state index >= 15 is 0 Å². The number of aromatic nitrogens is 1. The Hall–Kier alpha value is -2.86. The Morgan fingerprint density at radius 3 is 2.30 bits per heavy atom. The first kappa shape index (κ1) is 18.9. The maximum Gasteiger partial charge on any atom is 0.501 e. The molecule has 13 heteroatoms. The van der Waals surface area contributed by atoms with E-state index in [9.17, 15) is 36.0 Å². The number of hydrogen-bond donors (Lipinski definition) is 2. The summed E-state index contributed by atoms with van der Waals surface area (Å²) in [6.07, 6.45) is 0. The van der Waals surface area contributed by atoms with Crippen molar-refractivity contribution in [3.63, 3.8) is 0 Å². The monoisotopic (exact) mass is 421 g/mol. The van der Waals surface area contributed by atoms with Gasteiger partial charge in [-0.3, -0.25) is 24.3 Å². The molecule has 0 saturated heterocycles. The molecule has 0 saturated carbocycles. The number of hydrogen-bond acceptors (Lipinski definition) is 6. The second kappa shape index (κ2) is 5.82. The van der Waals surface area contributed by atoms with E-state index in [-0.39, 0.29) is 16.1 Å². The van der Waals surface area contributed by atoms with Crippen molar-refractivity contribution in [2.24, 2.45) is 0 Å². The van der Waals surface area contributed by atoms with Gasteiger partial charge in [0, 0.05) is 6.07 Å². The minimum atomic E-state index is -5.73. The third-order valence-electron chi connectivity index (χ3n) is 3.73. The van der Waals surface area contributed by atoms with E-state index in [1.807, 2.05) is 5.32 Å². The fourth-order valence-electron chi connectivity index (χ4n) is 2.49. The molecule has 1 aliphatic rings. The molecule has 8 nitrogen and oxygen atoms in total. The number of rotatable bonds is 2. The highest BCUT2D eigenvalue weighted by atomic mass is 35.5. The summed E-state index contributed by atoms with van der Waals surface area (Å²) in [7, 11) is -5.73. The van der Waals surface area contributed by atoms with Crippen molar-refractivity contribution in [3.05, 3.63) is 50.8 Å². The molecule has 1 aliphatic heterocycles. The molecular formula is C14H7ClF3N3O5S. The summed E-state index contributed by atoms with van der Waals surface area (Å²) in [5.41, 5.74) is -2.02. The fourth-order valence-corrected chi connectivity index (χ4v) is 3.48. The second-order valence-corrected chi connectivity index (χ2v) is 7.69. The van der Waals surface area contributed by atoms with E-state index in [1.165, 1.54) is 0 Å². The predicted octanol–water partition coefficient (Wildman–Crippen LogP) is 1.25. The van der Waals surface area contributed by atoms with E-state index in [2.05, 4.69) is 0 Å². The number of nitrogen functional groups attached to an aromatic ring is 1. The molecule has 1 aromatic carbocycles. The van der Waals surface area contributed by atoms with Crippen molar-refractivity contribution in [2.75, 3.05) is 5.73 Å². The highest BCUT2D eigenvalue weighted by Crippen LogP contribution is 2.34. The molecule has 2 amide bonds. The van der Waals surface area contributed by atoms with Gasteiger partial charge in [0.15, 0.2) is 0 Å². The zero-order valence-corrected chi connectivity index (χ0v) is 14.4. The number of amides is 2. The van der Waals surface area contributed by atoms with Gasteiger partial charge in [0.1, 0.15) is 5.82 Å². The zero-order chi connectivity index (χ0) is 20.3. The number of carbonyl (C=O) groups excluding carboxylic acids is 2. The molecule has 142 valence electrons. The van der Waals surface area contributed by atoms with Gasteiger partial charge in [-0.2, -0.15) is 13.2 Å². The van der Waals surface area contributed by atoms with Crippen LogP contribution in [0.1, 0.15) is 20.7 Å². The number of benzene rings is 1. The molecule has 0 spiro atoms. The Balaban J connectivity index is 2.33. The standard InChI is InChI=1S/C14H7ClF3N3O5S/c15-7-2-1-5(27(25,26)14(16,17)18)3-8(7)21-9(22)4-6-10(11(21)19)13(24)20-12(6)23/h1-4H,19H2,(H,20,23,24). The fraction of sp³-hybridized carbons (Fsp3) is 0.0714. The van der Waals surface area contributed by atoms with Gasteiger partial charge in [0.25, 0.3) is 27.2 Å². The van der Waals surface area contributed by atoms with E-state index in [1.54, 1.807) is 0 Å². The molecule has 0 bridgehead atoms. The molecular weight excluding hydrogens is 415 g/mol. The molecule has 2 heterocycles. The number of nitrogens with two attached hydrogens (primary N) is 1. The molecule has 1 aromatic heterocycles. The van der Waals surface area contributed by atoms with Gasteiger partial charge in [0.05, 0.1) is 26.7 Å². The first-order valence-corrected chi connectivity index (χ1v) is 8.75. The van der Waals surface area contributed by atoms with Crippen molar-refractivity contribution in [3.8, 4) is 5.69 Å². The first-order chi connectivity index (χ1) is 12.4. The number of pyridine rings is 1. The SMILES string of the molecule is Nc1c2c(cc(=O)n1-c1cc(S(=O)(=O)C(F)(F)F)ccc1Cl)C(=O)NC2=O. The van der Waals surface area contributed by atoms with Gasteiger partial charge in [-0.15, -0.1) is 0 Å². The summed E-state index contributed by atoms with van der Waals surface area (Å²) in [6.45, 7) is 0. The quantitative estimate of drug-likeness (QED) is 0.702. The number of alkyl halides is 3. The van der Waals surface area contributed by atoms with Crippen LogP contribution in [0.2, 0.25) is 5.02 Å². The molecule has 0 radical (unpaired) electrons. The van der Waals surface area contributed by atoms with E-state index in [0.717, 1.165) is 12.1 Å². The normalized spacial score (nSPS) is 14.2. The Bertz CT molecular complexity index is 1190. The molecule has 3 rings (SSSR count). The van der Waals surface area contributed by atoms with Crippen molar-refractivity contribution in [1.29, 1.82) is 0 Å². The lowest BCUT2D eigenvalue weighted by atomic mass is 10.1. The average molecular weight is 422 g/mol. The summed E-state index contributed by atoms with van der Waals surface area (Å²) < 4.78 is 62.1. The molecule has 2 aromatic rings. The highest BCUT2D eigenvalue weighted by Gasteiger charge is 2.47. The summed E-state index contributed by atoms with van der Waals surface area (Å²) in [5, 5.41) is 1.60. The van der Waals surface area contributed by atoms with Gasteiger partial charge < -0.3 is 5.73 Å². The van der Waals surface area contributed by atoms with Crippen molar-refractivity contribution in [1.82, 2.24) is 9.88 Å². The Kier molecular flexibility index (Phi) is 4.08. The van der Waals surface area contributed by atoms with Crippen LogP contribution in [0.3, 0.4) is 0 Å². The van der Waals surface area contributed by atoms with Crippen LogP contribution >= 0.6 is 11.6 Å². The number of imide groups is 1. The Labute approximate surface area is 153 Å². The summed E-state index contributed by atoms with van der Waals surface area (Å²) in [6, 6.07) is 2.69. The smallest absolute Gasteiger partial charge is 0.384 e.